The number of anilines is 1. The van der Waals surface area contributed by atoms with Crippen LogP contribution in [0.5, 0.6) is 0 Å². The second-order valence-corrected chi connectivity index (χ2v) is 7.63. The second-order valence-electron chi connectivity index (χ2n) is 5.69. The molecule has 1 aliphatic rings. The van der Waals surface area contributed by atoms with Gasteiger partial charge in [0.2, 0.25) is 5.82 Å². The van der Waals surface area contributed by atoms with Gasteiger partial charge in [-0.05, 0) is 11.8 Å². The van der Waals surface area contributed by atoms with Crippen LogP contribution >= 0.6 is 22.7 Å². The van der Waals surface area contributed by atoms with Crippen LogP contribution in [0.4, 0.5) is 11.6 Å². The van der Waals surface area contributed by atoms with Crippen molar-refractivity contribution in [1.82, 2.24) is 19.3 Å². The van der Waals surface area contributed by atoms with E-state index in [9.17, 15) is 10.1 Å². The number of nitro groups is 1. The van der Waals surface area contributed by atoms with Gasteiger partial charge in [-0.2, -0.15) is 9.38 Å². The normalized spacial score (nSPS) is 16.1. The highest BCUT2D eigenvalue weighted by Crippen LogP contribution is 2.31. The molecule has 1 fully saturated rings. The predicted molar refractivity (Wildman–Crippen MR) is 94.1 cm³/mol. The van der Waals surface area contributed by atoms with Gasteiger partial charge in [-0.15, -0.1) is 11.3 Å². The average Bonchev–Trinajstić information content (AvgIpc) is 3.23. The van der Waals surface area contributed by atoms with Crippen LogP contribution in [-0.4, -0.2) is 50.4 Å². The lowest BCUT2D eigenvalue weighted by Gasteiger charge is -2.34. The van der Waals surface area contributed by atoms with Crippen LogP contribution in [0.25, 0.3) is 4.96 Å². The van der Waals surface area contributed by atoms with Crippen LogP contribution in [0.1, 0.15) is 10.7 Å². The summed E-state index contributed by atoms with van der Waals surface area (Å²) >= 11 is 3.08. The van der Waals surface area contributed by atoms with E-state index in [0.717, 1.165) is 43.4 Å². The third-order valence-corrected chi connectivity index (χ3v) is 5.70. The summed E-state index contributed by atoms with van der Waals surface area (Å²) in [5.74, 6) is 0.547. The maximum atomic E-state index is 11.5. The van der Waals surface area contributed by atoms with E-state index in [1.165, 1.54) is 11.3 Å². The molecule has 4 heterocycles. The number of hydrogen-bond acceptors (Lipinski definition) is 8. The topological polar surface area (TPSA) is 79.8 Å². The summed E-state index contributed by atoms with van der Waals surface area (Å²) in [7, 11) is 0. The first-order valence-electron chi connectivity index (χ1n) is 7.60. The Kier molecular flexibility index (Phi) is 3.94. The molecule has 0 N–H and O–H groups in total. The van der Waals surface area contributed by atoms with Gasteiger partial charge >= 0.3 is 5.82 Å². The zero-order chi connectivity index (χ0) is 16.7. The molecule has 0 amide bonds. The van der Waals surface area contributed by atoms with Crippen LogP contribution in [-0.2, 0) is 6.54 Å². The highest BCUT2D eigenvalue weighted by molar-refractivity contribution is 7.15. The summed E-state index contributed by atoms with van der Waals surface area (Å²) < 4.78 is 1.56. The van der Waals surface area contributed by atoms with E-state index in [0.29, 0.717) is 10.8 Å². The number of imidazole rings is 1. The second kappa shape index (κ2) is 6.11. The largest absolute Gasteiger partial charge is 0.373 e. The zero-order valence-electron chi connectivity index (χ0n) is 13.1. The smallest absolute Gasteiger partial charge is 0.358 e. The first-order chi connectivity index (χ1) is 11.6. The molecule has 4 rings (SSSR count). The molecular formula is C14H16N6O2S2. The van der Waals surface area contributed by atoms with E-state index in [-0.39, 0.29) is 10.7 Å². The molecular weight excluding hydrogens is 348 g/mol. The lowest BCUT2D eigenvalue weighted by molar-refractivity contribution is -0.389. The summed E-state index contributed by atoms with van der Waals surface area (Å²) in [6, 6.07) is 0. The number of rotatable bonds is 4. The molecule has 3 aromatic rings. The quantitative estimate of drug-likeness (QED) is 0.522. The lowest BCUT2D eigenvalue weighted by Crippen LogP contribution is -2.46. The SMILES string of the molecule is Cc1nc(CN2CCN(c3nc4sccn4c3[N+](=O)[O-])CC2)cs1. The van der Waals surface area contributed by atoms with Gasteiger partial charge in [0.05, 0.1) is 10.7 Å². The first kappa shape index (κ1) is 15.5. The molecule has 1 aliphatic heterocycles. The molecule has 0 spiro atoms. The van der Waals surface area contributed by atoms with Crippen LogP contribution in [0, 0.1) is 17.0 Å². The van der Waals surface area contributed by atoms with Crippen molar-refractivity contribution in [2.45, 2.75) is 13.5 Å². The summed E-state index contributed by atoms with van der Waals surface area (Å²) in [6.45, 7) is 6.00. The third kappa shape index (κ3) is 2.76. The van der Waals surface area contributed by atoms with E-state index >= 15 is 0 Å². The molecule has 126 valence electrons. The fourth-order valence-corrected chi connectivity index (χ4v) is 4.28. The van der Waals surface area contributed by atoms with Gasteiger partial charge in [-0.3, -0.25) is 4.90 Å². The molecule has 0 unspecified atom stereocenters. The van der Waals surface area contributed by atoms with Crippen LogP contribution in [0.3, 0.4) is 0 Å². The Bertz CT molecular complexity index is 877. The number of aromatic nitrogens is 3. The average molecular weight is 364 g/mol. The summed E-state index contributed by atoms with van der Waals surface area (Å²) in [4.78, 5) is 25.1. The van der Waals surface area contributed by atoms with Crippen LogP contribution in [0.2, 0.25) is 0 Å². The number of aryl methyl sites for hydroxylation is 1. The van der Waals surface area contributed by atoms with Gasteiger partial charge in [-0.25, -0.2) is 4.98 Å². The van der Waals surface area contributed by atoms with Crippen molar-refractivity contribution in [2.75, 3.05) is 31.1 Å². The number of fused-ring (bicyclic) bond motifs is 1. The Morgan fingerprint density at radius 2 is 2.04 bits per heavy atom. The Hall–Kier alpha value is -2.04. The van der Waals surface area contributed by atoms with Crippen LogP contribution in [0.15, 0.2) is 17.0 Å². The fraction of sp³-hybridized carbons (Fsp3) is 0.429. The monoisotopic (exact) mass is 364 g/mol. The molecule has 0 atom stereocenters. The summed E-state index contributed by atoms with van der Waals surface area (Å²) in [5, 5.41) is 16.4. The summed E-state index contributed by atoms with van der Waals surface area (Å²) in [6.07, 6.45) is 1.70. The highest BCUT2D eigenvalue weighted by atomic mass is 32.1. The van der Waals surface area contributed by atoms with Crippen molar-refractivity contribution < 1.29 is 4.92 Å². The van der Waals surface area contributed by atoms with Crippen molar-refractivity contribution >= 4 is 39.3 Å². The van der Waals surface area contributed by atoms with Crippen LogP contribution < -0.4 is 4.90 Å². The highest BCUT2D eigenvalue weighted by Gasteiger charge is 2.30. The minimum atomic E-state index is -0.341. The van der Waals surface area contributed by atoms with Crippen molar-refractivity contribution in [3.63, 3.8) is 0 Å². The van der Waals surface area contributed by atoms with E-state index < -0.39 is 0 Å². The van der Waals surface area contributed by atoms with E-state index in [2.05, 4.69) is 20.2 Å². The van der Waals surface area contributed by atoms with Crippen molar-refractivity contribution in [2.24, 2.45) is 0 Å². The lowest BCUT2D eigenvalue weighted by atomic mass is 10.3. The van der Waals surface area contributed by atoms with E-state index in [1.54, 1.807) is 21.9 Å². The third-order valence-electron chi connectivity index (χ3n) is 4.12. The Balaban J connectivity index is 1.48. The minimum absolute atomic E-state index is 0.0647. The van der Waals surface area contributed by atoms with Gasteiger partial charge in [0, 0.05) is 43.5 Å². The molecule has 10 heteroatoms. The Labute approximate surface area is 146 Å². The number of piperazine rings is 1. The minimum Gasteiger partial charge on any atom is -0.358 e. The van der Waals surface area contributed by atoms with Gasteiger partial charge in [0.25, 0.3) is 4.96 Å². The zero-order valence-corrected chi connectivity index (χ0v) is 14.7. The van der Waals surface area contributed by atoms with Gasteiger partial charge < -0.3 is 15.0 Å². The molecule has 24 heavy (non-hydrogen) atoms. The first-order valence-corrected chi connectivity index (χ1v) is 9.36. The van der Waals surface area contributed by atoms with E-state index in [4.69, 9.17) is 0 Å². The number of hydrogen-bond donors (Lipinski definition) is 0. The molecule has 0 radical (unpaired) electrons. The van der Waals surface area contributed by atoms with Crippen molar-refractivity contribution in [3.05, 3.63) is 37.8 Å². The number of nitrogens with zero attached hydrogens (tertiary/aromatic N) is 6. The van der Waals surface area contributed by atoms with Crippen molar-refractivity contribution in [1.29, 1.82) is 0 Å². The predicted octanol–water partition coefficient (Wildman–Crippen LogP) is 2.39. The molecule has 3 aromatic heterocycles. The van der Waals surface area contributed by atoms with Gasteiger partial charge in [-0.1, -0.05) is 11.3 Å². The molecule has 8 nitrogen and oxygen atoms in total. The van der Waals surface area contributed by atoms with Gasteiger partial charge in [0.15, 0.2) is 0 Å². The Morgan fingerprint density at radius 3 is 2.71 bits per heavy atom. The maximum Gasteiger partial charge on any atom is 0.373 e. The van der Waals surface area contributed by atoms with E-state index in [1.807, 2.05) is 17.2 Å². The maximum absolute atomic E-state index is 11.5. The molecule has 0 aliphatic carbocycles. The molecule has 0 bridgehead atoms. The standard InChI is InChI=1S/C14H16N6O2S2/c1-10-15-11(9-24-10)8-17-2-4-18(5-3-17)12-13(20(21)22)19-6-7-23-14(19)16-12/h6-7,9H,2-5,8H2,1H3. The van der Waals surface area contributed by atoms with Gasteiger partial charge in [0.1, 0.15) is 6.20 Å². The Morgan fingerprint density at radius 1 is 1.25 bits per heavy atom. The molecule has 1 saturated heterocycles. The van der Waals surface area contributed by atoms with Crippen molar-refractivity contribution in [3.8, 4) is 0 Å². The molecule has 0 saturated carbocycles. The fourth-order valence-electron chi connectivity index (χ4n) is 2.97. The number of thiazole rings is 2. The molecule has 0 aromatic carbocycles. The summed E-state index contributed by atoms with van der Waals surface area (Å²) in [5.41, 5.74) is 1.10.